The topological polar surface area (TPSA) is 44.9 Å². The molecule has 2 heterocycles. The molecule has 0 aliphatic carbocycles. The summed E-state index contributed by atoms with van der Waals surface area (Å²) in [6.45, 7) is 4.28. The highest BCUT2D eigenvalue weighted by Crippen LogP contribution is 2.16. The van der Waals surface area contributed by atoms with Crippen LogP contribution in [0.3, 0.4) is 0 Å². The predicted octanol–water partition coefficient (Wildman–Crippen LogP) is 4.25. The van der Waals surface area contributed by atoms with Crippen LogP contribution in [-0.2, 0) is 13.0 Å². The van der Waals surface area contributed by atoms with E-state index in [-0.39, 0.29) is 24.0 Å². The summed E-state index contributed by atoms with van der Waals surface area (Å²) >= 11 is 6.28. The fraction of sp³-hybridized carbons (Fsp3) is 0.300. The Balaban J connectivity index is 0.00000261. The number of nitrogens with zero attached hydrogens (tertiary/aromatic N) is 4. The quantitative estimate of drug-likeness (QED) is 0.315. The predicted molar refractivity (Wildman–Crippen MR) is 123 cm³/mol. The zero-order valence-corrected chi connectivity index (χ0v) is 18.7. The third kappa shape index (κ3) is 5.84. The van der Waals surface area contributed by atoms with Crippen LogP contribution >= 0.6 is 35.6 Å². The van der Waals surface area contributed by atoms with Crippen LogP contribution in [-0.4, -0.2) is 40.4 Å². The zero-order chi connectivity index (χ0) is 18.4. The second-order valence-corrected chi connectivity index (χ2v) is 6.54. The van der Waals surface area contributed by atoms with E-state index < -0.39 is 0 Å². The van der Waals surface area contributed by atoms with E-state index in [1.54, 1.807) is 0 Å². The maximum atomic E-state index is 6.28. The Kier molecular flexibility index (Phi) is 8.37. The SMILES string of the molecule is CCNC(=NCCc1cn2ccccc2n1)N(C)Cc1ccccc1Cl.I. The molecule has 3 rings (SSSR count). The molecule has 0 bridgehead atoms. The summed E-state index contributed by atoms with van der Waals surface area (Å²) in [5, 5.41) is 4.12. The highest BCUT2D eigenvalue weighted by atomic mass is 127. The second kappa shape index (κ2) is 10.5. The smallest absolute Gasteiger partial charge is 0.193 e. The minimum absolute atomic E-state index is 0. The number of pyridine rings is 1. The lowest BCUT2D eigenvalue weighted by Gasteiger charge is -2.22. The molecule has 0 spiro atoms. The summed E-state index contributed by atoms with van der Waals surface area (Å²) in [7, 11) is 2.02. The van der Waals surface area contributed by atoms with E-state index in [0.29, 0.717) is 13.1 Å². The monoisotopic (exact) mass is 497 g/mol. The number of imidazole rings is 1. The van der Waals surface area contributed by atoms with Gasteiger partial charge in [0.15, 0.2) is 5.96 Å². The molecule has 0 fully saturated rings. The van der Waals surface area contributed by atoms with Crippen molar-refractivity contribution in [3.05, 3.63) is 71.1 Å². The average Bonchev–Trinajstić information content (AvgIpc) is 3.05. The maximum absolute atomic E-state index is 6.28. The van der Waals surface area contributed by atoms with Gasteiger partial charge in [-0.25, -0.2) is 4.98 Å². The standard InChI is InChI=1S/C20H24ClN5.HI/c1-3-22-20(25(2)14-16-8-4-5-9-18(16)21)23-12-11-17-15-26-13-7-6-10-19(26)24-17;/h4-10,13,15H,3,11-12,14H2,1-2H3,(H,22,23);1H. The van der Waals surface area contributed by atoms with Gasteiger partial charge in [-0.15, -0.1) is 24.0 Å². The van der Waals surface area contributed by atoms with Crippen molar-refractivity contribution < 1.29 is 0 Å². The third-order valence-corrected chi connectivity index (χ3v) is 4.47. The van der Waals surface area contributed by atoms with Gasteiger partial charge < -0.3 is 14.6 Å². The number of benzene rings is 1. The van der Waals surface area contributed by atoms with Crippen LogP contribution in [0.4, 0.5) is 0 Å². The van der Waals surface area contributed by atoms with Crippen LogP contribution in [0.25, 0.3) is 5.65 Å². The number of fused-ring (bicyclic) bond motifs is 1. The van der Waals surface area contributed by atoms with Crippen molar-refractivity contribution in [2.45, 2.75) is 19.9 Å². The van der Waals surface area contributed by atoms with Gasteiger partial charge in [-0.05, 0) is 30.7 Å². The van der Waals surface area contributed by atoms with Gasteiger partial charge in [-0.3, -0.25) is 4.99 Å². The van der Waals surface area contributed by atoms with E-state index in [4.69, 9.17) is 16.6 Å². The molecule has 0 saturated heterocycles. The summed E-state index contributed by atoms with van der Waals surface area (Å²) < 4.78 is 2.04. The molecule has 5 nitrogen and oxygen atoms in total. The fourth-order valence-corrected chi connectivity index (χ4v) is 3.01. The third-order valence-electron chi connectivity index (χ3n) is 4.11. The Bertz CT molecular complexity index is 860. The Morgan fingerprint density at radius 3 is 2.74 bits per heavy atom. The number of halogens is 2. The Morgan fingerprint density at radius 1 is 1.22 bits per heavy atom. The average molecular weight is 498 g/mol. The van der Waals surface area contributed by atoms with E-state index in [1.807, 2.05) is 60.1 Å². The molecule has 1 aromatic carbocycles. The fourth-order valence-electron chi connectivity index (χ4n) is 2.81. The van der Waals surface area contributed by atoms with Gasteiger partial charge in [0.2, 0.25) is 0 Å². The van der Waals surface area contributed by atoms with Gasteiger partial charge in [0.25, 0.3) is 0 Å². The number of hydrogen-bond acceptors (Lipinski definition) is 2. The molecule has 0 atom stereocenters. The van der Waals surface area contributed by atoms with Gasteiger partial charge in [-0.2, -0.15) is 0 Å². The first kappa shape index (κ1) is 21.5. The van der Waals surface area contributed by atoms with Crippen LogP contribution in [0.1, 0.15) is 18.2 Å². The Labute approximate surface area is 182 Å². The molecular formula is C20H25ClIN5. The van der Waals surface area contributed by atoms with E-state index in [9.17, 15) is 0 Å². The largest absolute Gasteiger partial charge is 0.357 e. The number of guanidine groups is 1. The van der Waals surface area contributed by atoms with Crippen molar-refractivity contribution in [1.29, 1.82) is 0 Å². The Hall–Kier alpha value is -1.80. The molecule has 1 N–H and O–H groups in total. The van der Waals surface area contributed by atoms with Crippen molar-refractivity contribution in [2.24, 2.45) is 4.99 Å². The highest BCUT2D eigenvalue weighted by molar-refractivity contribution is 14.0. The Morgan fingerprint density at radius 2 is 2.00 bits per heavy atom. The van der Waals surface area contributed by atoms with Crippen LogP contribution in [0, 0.1) is 0 Å². The lowest BCUT2D eigenvalue weighted by Crippen LogP contribution is -2.38. The van der Waals surface area contributed by atoms with Gasteiger partial charge in [0, 0.05) is 50.5 Å². The van der Waals surface area contributed by atoms with Crippen LogP contribution in [0.15, 0.2) is 59.9 Å². The molecule has 3 aromatic rings. The molecule has 0 aliphatic heterocycles. The van der Waals surface area contributed by atoms with Crippen LogP contribution < -0.4 is 5.32 Å². The number of rotatable bonds is 6. The van der Waals surface area contributed by atoms with Crippen molar-refractivity contribution in [2.75, 3.05) is 20.1 Å². The summed E-state index contributed by atoms with van der Waals surface area (Å²) in [6.07, 6.45) is 4.87. The maximum Gasteiger partial charge on any atom is 0.193 e. The molecule has 0 amide bonds. The number of aromatic nitrogens is 2. The molecule has 0 radical (unpaired) electrons. The van der Waals surface area contributed by atoms with Gasteiger partial charge in [-0.1, -0.05) is 35.9 Å². The van der Waals surface area contributed by atoms with E-state index in [0.717, 1.165) is 40.9 Å². The highest BCUT2D eigenvalue weighted by Gasteiger charge is 2.09. The minimum atomic E-state index is 0. The first-order valence-electron chi connectivity index (χ1n) is 8.83. The van der Waals surface area contributed by atoms with Crippen molar-refractivity contribution in [3.63, 3.8) is 0 Å². The van der Waals surface area contributed by atoms with E-state index >= 15 is 0 Å². The molecule has 0 unspecified atom stereocenters. The summed E-state index contributed by atoms with van der Waals surface area (Å²) in [5.74, 6) is 0.871. The molecular weight excluding hydrogens is 473 g/mol. The van der Waals surface area contributed by atoms with Crippen molar-refractivity contribution in [3.8, 4) is 0 Å². The summed E-state index contributed by atoms with van der Waals surface area (Å²) in [5.41, 5.74) is 3.10. The molecule has 27 heavy (non-hydrogen) atoms. The van der Waals surface area contributed by atoms with Gasteiger partial charge in [0.05, 0.1) is 5.69 Å². The normalized spacial score (nSPS) is 11.3. The molecule has 0 saturated carbocycles. The van der Waals surface area contributed by atoms with Gasteiger partial charge in [0.1, 0.15) is 5.65 Å². The zero-order valence-electron chi connectivity index (χ0n) is 15.6. The van der Waals surface area contributed by atoms with Crippen molar-refractivity contribution in [1.82, 2.24) is 19.6 Å². The molecule has 2 aromatic heterocycles. The lowest BCUT2D eigenvalue weighted by molar-refractivity contribution is 0.477. The second-order valence-electron chi connectivity index (χ2n) is 6.13. The number of nitrogens with one attached hydrogen (secondary N) is 1. The number of aliphatic imine (C=N–C) groups is 1. The minimum Gasteiger partial charge on any atom is -0.357 e. The van der Waals surface area contributed by atoms with Crippen molar-refractivity contribution >= 4 is 47.2 Å². The lowest BCUT2D eigenvalue weighted by atomic mass is 10.2. The van der Waals surface area contributed by atoms with E-state index in [2.05, 4.69) is 28.3 Å². The molecule has 7 heteroatoms. The first-order chi connectivity index (χ1) is 12.7. The van der Waals surface area contributed by atoms with E-state index in [1.165, 1.54) is 0 Å². The molecule has 0 aliphatic rings. The van der Waals surface area contributed by atoms with Crippen LogP contribution in [0.5, 0.6) is 0 Å². The van der Waals surface area contributed by atoms with Crippen LogP contribution in [0.2, 0.25) is 5.02 Å². The summed E-state index contributed by atoms with van der Waals surface area (Å²) in [4.78, 5) is 11.5. The number of hydrogen-bond donors (Lipinski definition) is 1. The van der Waals surface area contributed by atoms with Gasteiger partial charge >= 0.3 is 0 Å². The first-order valence-corrected chi connectivity index (χ1v) is 9.20. The summed E-state index contributed by atoms with van der Waals surface area (Å²) in [6, 6.07) is 13.9. The molecule has 144 valence electrons.